The molecular formula is C21H32N2O4. The smallest absolute Gasteiger partial charge is 0.410 e. The highest BCUT2D eigenvalue weighted by Gasteiger charge is 2.24. The van der Waals surface area contributed by atoms with Gasteiger partial charge >= 0.3 is 6.09 Å². The zero-order valence-electron chi connectivity index (χ0n) is 16.9. The van der Waals surface area contributed by atoms with Gasteiger partial charge in [0.05, 0.1) is 12.7 Å². The van der Waals surface area contributed by atoms with Gasteiger partial charge in [-0.15, -0.1) is 0 Å². The lowest BCUT2D eigenvalue weighted by molar-refractivity contribution is 0.00618. The summed E-state index contributed by atoms with van der Waals surface area (Å²) in [5, 5.41) is 0. The van der Waals surface area contributed by atoms with E-state index in [4.69, 9.17) is 9.47 Å². The summed E-state index contributed by atoms with van der Waals surface area (Å²) in [5.74, 6) is 0.0225. The molecule has 6 nitrogen and oxygen atoms in total. The molecule has 0 saturated carbocycles. The first-order chi connectivity index (χ1) is 12.8. The number of benzene rings is 1. The molecule has 0 aliphatic carbocycles. The molecule has 1 saturated heterocycles. The fourth-order valence-electron chi connectivity index (χ4n) is 2.99. The van der Waals surface area contributed by atoms with E-state index < -0.39 is 5.60 Å². The molecule has 6 heteroatoms. The van der Waals surface area contributed by atoms with E-state index in [1.165, 1.54) is 0 Å². The summed E-state index contributed by atoms with van der Waals surface area (Å²) in [5.41, 5.74) is 0.172. The quantitative estimate of drug-likeness (QED) is 0.752. The van der Waals surface area contributed by atoms with Gasteiger partial charge < -0.3 is 19.3 Å². The molecule has 2 rings (SSSR count). The Balaban J connectivity index is 2.00. The monoisotopic (exact) mass is 376 g/mol. The maximum Gasteiger partial charge on any atom is 0.410 e. The molecule has 1 aromatic rings. The molecule has 0 aromatic heterocycles. The van der Waals surface area contributed by atoms with Crippen molar-refractivity contribution in [3.05, 3.63) is 35.9 Å². The minimum atomic E-state index is -0.518. The van der Waals surface area contributed by atoms with Gasteiger partial charge in [-0.05, 0) is 52.7 Å². The van der Waals surface area contributed by atoms with Crippen molar-refractivity contribution in [1.82, 2.24) is 9.80 Å². The maximum absolute atomic E-state index is 12.8. The highest BCUT2D eigenvalue weighted by molar-refractivity contribution is 5.94. The highest BCUT2D eigenvalue weighted by Crippen LogP contribution is 2.13. The lowest BCUT2D eigenvalue weighted by atomic mass is 10.1. The Morgan fingerprint density at radius 3 is 2.30 bits per heavy atom. The zero-order chi connectivity index (χ0) is 19.9. The Labute approximate surface area is 162 Å². The number of ether oxygens (including phenoxy) is 2. The Kier molecular flexibility index (Phi) is 7.66. The van der Waals surface area contributed by atoms with Crippen LogP contribution in [0, 0.1) is 0 Å². The van der Waals surface area contributed by atoms with Crippen molar-refractivity contribution in [3.63, 3.8) is 0 Å². The molecular weight excluding hydrogens is 344 g/mol. The summed E-state index contributed by atoms with van der Waals surface area (Å²) in [6.45, 7) is 10.2. The van der Waals surface area contributed by atoms with Crippen LogP contribution in [0.2, 0.25) is 0 Å². The number of carbonyl (C=O) groups excluding carboxylic acids is 2. The van der Waals surface area contributed by atoms with Gasteiger partial charge in [0.25, 0.3) is 5.91 Å². The van der Waals surface area contributed by atoms with Crippen LogP contribution in [-0.2, 0) is 9.47 Å². The van der Waals surface area contributed by atoms with Crippen molar-refractivity contribution < 1.29 is 19.1 Å². The van der Waals surface area contributed by atoms with Crippen LogP contribution in [-0.4, -0.2) is 66.3 Å². The van der Waals surface area contributed by atoms with E-state index in [0.717, 1.165) is 12.8 Å². The summed E-state index contributed by atoms with van der Waals surface area (Å²) in [4.78, 5) is 28.7. The van der Waals surface area contributed by atoms with Crippen molar-refractivity contribution >= 4 is 12.0 Å². The zero-order valence-corrected chi connectivity index (χ0v) is 16.9. The van der Waals surface area contributed by atoms with Gasteiger partial charge in [0.1, 0.15) is 5.60 Å². The normalized spacial score (nSPS) is 19.9. The van der Waals surface area contributed by atoms with E-state index in [2.05, 4.69) is 0 Å². The van der Waals surface area contributed by atoms with E-state index in [1.807, 2.05) is 62.9 Å². The van der Waals surface area contributed by atoms with Crippen molar-refractivity contribution in [3.8, 4) is 0 Å². The molecule has 1 atom stereocenters. The molecule has 1 aliphatic rings. The first-order valence-corrected chi connectivity index (χ1v) is 9.70. The first kappa shape index (κ1) is 21.2. The fourth-order valence-corrected chi connectivity index (χ4v) is 2.99. The third-order valence-corrected chi connectivity index (χ3v) is 4.31. The van der Waals surface area contributed by atoms with Crippen LogP contribution in [0.1, 0.15) is 50.9 Å². The predicted octanol–water partition coefficient (Wildman–Crippen LogP) is 3.56. The van der Waals surface area contributed by atoms with Crippen LogP contribution in [0.5, 0.6) is 0 Å². The lowest BCUT2D eigenvalue weighted by Crippen LogP contribution is -2.40. The van der Waals surface area contributed by atoms with Crippen molar-refractivity contribution in [2.75, 3.05) is 32.8 Å². The Morgan fingerprint density at radius 2 is 1.67 bits per heavy atom. The minimum Gasteiger partial charge on any atom is -0.444 e. The van der Waals surface area contributed by atoms with Crippen LogP contribution in [0.3, 0.4) is 0 Å². The third-order valence-electron chi connectivity index (χ3n) is 4.31. The van der Waals surface area contributed by atoms with E-state index in [0.29, 0.717) is 38.3 Å². The molecule has 2 amide bonds. The summed E-state index contributed by atoms with van der Waals surface area (Å²) < 4.78 is 11.3. The molecule has 0 bridgehead atoms. The van der Waals surface area contributed by atoms with Crippen LogP contribution in [0.4, 0.5) is 4.79 Å². The second kappa shape index (κ2) is 9.74. The average molecular weight is 376 g/mol. The number of nitrogens with zero attached hydrogens (tertiary/aromatic N) is 2. The van der Waals surface area contributed by atoms with Crippen molar-refractivity contribution in [1.29, 1.82) is 0 Å². The molecule has 0 N–H and O–H groups in total. The Hall–Kier alpha value is -2.08. The summed E-state index contributed by atoms with van der Waals surface area (Å²) in [7, 11) is 0. The lowest BCUT2D eigenvalue weighted by Gasteiger charge is -2.27. The molecule has 1 heterocycles. The topological polar surface area (TPSA) is 59.1 Å². The second-order valence-electron chi connectivity index (χ2n) is 7.97. The van der Waals surface area contributed by atoms with Gasteiger partial charge in [-0.1, -0.05) is 18.2 Å². The standard InChI is InChI=1S/C21H32N2O4/c1-17-16-23(19(24)18-10-6-5-7-11-18)13-9-8-12-22(14-15-26-17)20(25)27-21(2,3)4/h5-7,10-11,17H,8-9,12-16H2,1-4H3/t17-/m0/s1. The molecule has 1 aromatic carbocycles. The molecule has 0 spiro atoms. The van der Waals surface area contributed by atoms with Crippen LogP contribution in [0.15, 0.2) is 30.3 Å². The maximum atomic E-state index is 12.8. The fraction of sp³-hybridized carbons (Fsp3) is 0.619. The molecule has 27 heavy (non-hydrogen) atoms. The number of hydrogen-bond donors (Lipinski definition) is 0. The average Bonchev–Trinajstić information content (AvgIpc) is 2.64. The first-order valence-electron chi connectivity index (χ1n) is 9.70. The van der Waals surface area contributed by atoms with E-state index in [1.54, 1.807) is 4.90 Å². The molecule has 1 fully saturated rings. The van der Waals surface area contributed by atoms with Crippen LogP contribution in [0.25, 0.3) is 0 Å². The molecule has 1 aliphatic heterocycles. The largest absolute Gasteiger partial charge is 0.444 e. The van der Waals surface area contributed by atoms with Crippen molar-refractivity contribution in [2.24, 2.45) is 0 Å². The van der Waals surface area contributed by atoms with E-state index in [9.17, 15) is 9.59 Å². The molecule has 0 radical (unpaired) electrons. The minimum absolute atomic E-state index is 0.0225. The van der Waals surface area contributed by atoms with Gasteiger partial charge in [0.15, 0.2) is 0 Å². The summed E-state index contributed by atoms with van der Waals surface area (Å²) in [6, 6.07) is 9.32. The van der Waals surface area contributed by atoms with Gasteiger partial charge in [-0.3, -0.25) is 4.79 Å². The van der Waals surface area contributed by atoms with Crippen LogP contribution >= 0.6 is 0 Å². The number of rotatable bonds is 1. The highest BCUT2D eigenvalue weighted by atomic mass is 16.6. The Morgan fingerprint density at radius 1 is 1.04 bits per heavy atom. The van der Waals surface area contributed by atoms with E-state index in [-0.39, 0.29) is 18.1 Å². The number of amides is 2. The molecule has 0 unspecified atom stereocenters. The summed E-state index contributed by atoms with van der Waals surface area (Å²) in [6.07, 6.45) is 1.23. The number of carbonyl (C=O) groups is 2. The van der Waals surface area contributed by atoms with Crippen LogP contribution < -0.4 is 0 Å². The SMILES string of the molecule is C[C@H]1CN(C(=O)c2ccccc2)CCCCN(C(=O)OC(C)(C)C)CCO1. The Bertz CT molecular complexity index is 612. The third kappa shape index (κ3) is 7.21. The van der Waals surface area contributed by atoms with Gasteiger partial charge in [-0.2, -0.15) is 0 Å². The second-order valence-corrected chi connectivity index (χ2v) is 7.97. The number of hydrogen-bond acceptors (Lipinski definition) is 4. The van der Waals surface area contributed by atoms with E-state index >= 15 is 0 Å². The van der Waals surface area contributed by atoms with Gasteiger partial charge in [0.2, 0.25) is 0 Å². The van der Waals surface area contributed by atoms with Crippen molar-refractivity contribution in [2.45, 2.75) is 52.2 Å². The molecule has 150 valence electrons. The van der Waals surface area contributed by atoms with Gasteiger partial charge in [-0.25, -0.2) is 4.79 Å². The predicted molar refractivity (Wildman–Crippen MR) is 105 cm³/mol. The van der Waals surface area contributed by atoms with Gasteiger partial charge in [0, 0.05) is 31.7 Å². The summed E-state index contributed by atoms with van der Waals surface area (Å²) >= 11 is 0.